The third kappa shape index (κ3) is 6.59. The van der Waals surface area contributed by atoms with E-state index in [2.05, 4.69) is 5.32 Å². The van der Waals surface area contributed by atoms with Crippen molar-refractivity contribution in [2.45, 2.75) is 38.5 Å². The molecule has 3 rings (SSSR count). The number of nitrogens with one attached hydrogen (secondary N) is 1. The molecule has 1 aliphatic rings. The van der Waals surface area contributed by atoms with E-state index in [-0.39, 0.29) is 24.3 Å². The number of anilines is 1. The highest BCUT2D eigenvalue weighted by atomic mass is 35.5. The predicted molar refractivity (Wildman–Crippen MR) is 124 cm³/mol. The van der Waals surface area contributed by atoms with Crippen molar-refractivity contribution in [2.24, 2.45) is 5.92 Å². The van der Waals surface area contributed by atoms with Crippen LogP contribution in [0.4, 0.5) is 5.69 Å². The number of sulfonamides is 1. The van der Waals surface area contributed by atoms with Crippen LogP contribution in [0.3, 0.4) is 0 Å². The quantitative estimate of drug-likeness (QED) is 0.602. The second kappa shape index (κ2) is 10.2. The van der Waals surface area contributed by atoms with E-state index >= 15 is 0 Å². The standard InChI is InChI=1S/C22H26Cl2N2O4S/c1-15(2)30-19-8-6-18(7-9-19)25-22(27)17-4-3-11-26(13-17)31(28,29)14-16-5-10-20(23)21(24)12-16/h5-10,12,15,17H,3-4,11,13-14H2,1-2H3,(H,25,27)/t17-/m0/s1. The van der Waals surface area contributed by atoms with Gasteiger partial charge in [0, 0.05) is 18.8 Å². The van der Waals surface area contributed by atoms with Crippen LogP contribution in [0.5, 0.6) is 5.75 Å². The number of benzene rings is 2. The number of carbonyl (C=O) groups is 1. The van der Waals surface area contributed by atoms with Gasteiger partial charge in [-0.2, -0.15) is 0 Å². The molecule has 0 radical (unpaired) electrons. The van der Waals surface area contributed by atoms with Gasteiger partial charge >= 0.3 is 0 Å². The Hall–Kier alpha value is -1.80. The molecule has 2 aromatic rings. The molecule has 1 atom stereocenters. The summed E-state index contributed by atoms with van der Waals surface area (Å²) in [6.07, 6.45) is 1.33. The molecule has 0 spiro atoms. The van der Waals surface area contributed by atoms with Crippen LogP contribution >= 0.6 is 23.2 Å². The van der Waals surface area contributed by atoms with Crippen molar-refractivity contribution in [3.05, 3.63) is 58.1 Å². The molecule has 1 amide bonds. The van der Waals surface area contributed by atoms with Crippen molar-refractivity contribution in [3.63, 3.8) is 0 Å². The molecule has 1 heterocycles. The SMILES string of the molecule is CC(C)Oc1ccc(NC(=O)[C@H]2CCCN(S(=O)(=O)Cc3ccc(Cl)c(Cl)c3)C2)cc1. The van der Waals surface area contributed by atoms with Crippen LogP contribution in [0.25, 0.3) is 0 Å². The highest BCUT2D eigenvalue weighted by Crippen LogP contribution is 2.26. The zero-order valence-electron chi connectivity index (χ0n) is 17.5. The first-order valence-electron chi connectivity index (χ1n) is 10.1. The van der Waals surface area contributed by atoms with Gasteiger partial charge in [-0.15, -0.1) is 0 Å². The summed E-state index contributed by atoms with van der Waals surface area (Å²) in [5.41, 5.74) is 1.21. The minimum Gasteiger partial charge on any atom is -0.491 e. The zero-order valence-corrected chi connectivity index (χ0v) is 19.8. The number of amides is 1. The van der Waals surface area contributed by atoms with E-state index in [9.17, 15) is 13.2 Å². The lowest BCUT2D eigenvalue weighted by molar-refractivity contribution is -0.120. The summed E-state index contributed by atoms with van der Waals surface area (Å²) in [4.78, 5) is 12.7. The lowest BCUT2D eigenvalue weighted by Crippen LogP contribution is -2.44. The highest BCUT2D eigenvalue weighted by Gasteiger charge is 2.32. The van der Waals surface area contributed by atoms with Gasteiger partial charge in [-0.05, 0) is 68.7 Å². The van der Waals surface area contributed by atoms with Crippen molar-refractivity contribution >= 4 is 44.8 Å². The molecule has 31 heavy (non-hydrogen) atoms. The maximum Gasteiger partial charge on any atom is 0.228 e. The number of piperidine rings is 1. The summed E-state index contributed by atoms with van der Waals surface area (Å²) in [6.45, 7) is 4.44. The van der Waals surface area contributed by atoms with Gasteiger partial charge in [0.05, 0.1) is 27.8 Å². The monoisotopic (exact) mass is 484 g/mol. The molecule has 0 aliphatic carbocycles. The molecule has 1 saturated heterocycles. The fourth-order valence-corrected chi connectivity index (χ4v) is 5.39. The Bertz CT molecular complexity index is 1030. The van der Waals surface area contributed by atoms with Crippen molar-refractivity contribution in [1.29, 1.82) is 0 Å². The maximum absolute atomic E-state index is 12.9. The third-order valence-corrected chi connectivity index (χ3v) is 7.53. The molecule has 0 bridgehead atoms. The molecule has 0 aromatic heterocycles. The number of hydrogen-bond acceptors (Lipinski definition) is 4. The van der Waals surface area contributed by atoms with Crippen LogP contribution < -0.4 is 10.1 Å². The van der Waals surface area contributed by atoms with Crippen molar-refractivity contribution < 1.29 is 17.9 Å². The average Bonchev–Trinajstić information content (AvgIpc) is 2.72. The summed E-state index contributed by atoms with van der Waals surface area (Å²) >= 11 is 11.9. The van der Waals surface area contributed by atoms with Crippen molar-refractivity contribution in [1.82, 2.24) is 4.31 Å². The van der Waals surface area contributed by atoms with Crippen LogP contribution in [-0.4, -0.2) is 37.8 Å². The molecule has 6 nitrogen and oxygen atoms in total. The molecule has 1 fully saturated rings. The summed E-state index contributed by atoms with van der Waals surface area (Å²) in [6, 6.07) is 11.9. The van der Waals surface area contributed by atoms with Crippen LogP contribution in [0.2, 0.25) is 10.0 Å². The molecule has 9 heteroatoms. The predicted octanol–water partition coefficient (Wildman–Crippen LogP) is 4.96. The van der Waals surface area contributed by atoms with E-state index in [4.69, 9.17) is 27.9 Å². The fraction of sp³-hybridized carbons (Fsp3) is 0.409. The number of nitrogens with zero attached hydrogens (tertiary/aromatic N) is 1. The van der Waals surface area contributed by atoms with Gasteiger partial charge < -0.3 is 10.1 Å². The Labute approximate surface area is 193 Å². The molecule has 2 aromatic carbocycles. The van der Waals surface area contributed by atoms with E-state index in [0.717, 1.165) is 5.75 Å². The van der Waals surface area contributed by atoms with Crippen molar-refractivity contribution in [3.8, 4) is 5.75 Å². The molecular formula is C22H26Cl2N2O4S. The number of hydrogen-bond donors (Lipinski definition) is 1. The number of ether oxygens (including phenoxy) is 1. The molecule has 168 valence electrons. The summed E-state index contributed by atoms with van der Waals surface area (Å²) in [5.74, 6) is -0.0589. The zero-order chi connectivity index (χ0) is 22.6. The van der Waals surface area contributed by atoms with Gasteiger partial charge in [-0.1, -0.05) is 29.3 Å². The summed E-state index contributed by atoms with van der Waals surface area (Å²) in [5, 5.41) is 3.57. The lowest BCUT2D eigenvalue weighted by atomic mass is 9.99. The topological polar surface area (TPSA) is 75.7 Å². The fourth-order valence-electron chi connectivity index (χ4n) is 3.47. The first kappa shape index (κ1) is 23.9. The number of halogens is 2. The number of carbonyl (C=O) groups excluding carboxylic acids is 1. The normalized spacial score (nSPS) is 17.5. The summed E-state index contributed by atoms with van der Waals surface area (Å²) in [7, 11) is -3.59. The largest absolute Gasteiger partial charge is 0.491 e. The Morgan fingerprint density at radius 2 is 1.87 bits per heavy atom. The van der Waals surface area contributed by atoms with Gasteiger partial charge in [0.1, 0.15) is 5.75 Å². The Morgan fingerprint density at radius 3 is 2.52 bits per heavy atom. The molecular weight excluding hydrogens is 459 g/mol. The van der Waals surface area contributed by atoms with Crippen LogP contribution in [0, 0.1) is 5.92 Å². The van der Waals surface area contributed by atoms with E-state index in [1.54, 1.807) is 42.5 Å². The Kier molecular flexibility index (Phi) is 7.86. The average molecular weight is 485 g/mol. The minimum absolute atomic E-state index is 0.0690. The van der Waals surface area contributed by atoms with E-state index in [0.29, 0.717) is 40.7 Å². The lowest BCUT2D eigenvalue weighted by Gasteiger charge is -2.31. The van der Waals surface area contributed by atoms with Gasteiger partial charge in [-0.25, -0.2) is 12.7 Å². The van der Waals surface area contributed by atoms with Crippen LogP contribution in [0.1, 0.15) is 32.3 Å². The van der Waals surface area contributed by atoms with E-state index in [1.165, 1.54) is 4.31 Å². The van der Waals surface area contributed by atoms with Crippen molar-refractivity contribution in [2.75, 3.05) is 18.4 Å². The Morgan fingerprint density at radius 1 is 1.16 bits per heavy atom. The second-order valence-corrected chi connectivity index (χ2v) is 10.7. The van der Waals surface area contributed by atoms with E-state index in [1.807, 2.05) is 13.8 Å². The summed E-state index contributed by atoms with van der Waals surface area (Å²) < 4.78 is 32.8. The second-order valence-electron chi connectivity index (χ2n) is 7.88. The van der Waals surface area contributed by atoms with Gasteiger partial charge in [0.2, 0.25) is 15.9 Å². The first-order valence-corrected chi connectivity index (χ1v) is 12.5. The van der Waals surface area contributed by atoms with Crippen LogP contribution in [0.15, 0.2) is 42.5 Å². The van der Waals surface area contributed by atoms with Gasteiger partial charge in [-0.3, -0.25) is 4.79 Å². The number of rotatable bonds is 7. The Balaban J connectivity index is 1.62. The molecule has 1 N–H and O–H groups in total. The van der Waals surface area contributed by atoms with Gasteiger partial charge in [0.25, 0.3) is 0 Å². The van der Waals surface area contributed by atoms with Crippen LogP contribution in [-0.2, 0) is 20.6 Å². The molecule has 1 aliphatic heterocycles. The maximum atomic E-state index is 12.9. The van der Waals surface area contributed by atoms with E-state index < -0.39 is 15.9 Å². The van der Waals surface area contributed by atoms with Gasteiger partial charge in [0.15, 0.2) is 0 Å². The highest BCUT2D eigenvalue weighted by molar-refractivity contribution is 7.88. The minimum atomic E-state index is -3.59. The third-order valence-electron chi connectivity index (χ3n) is 4.98. The molecule has 0 unspecified atom stereocenters. The first-order chi connectivity index (χ1) is 14.6. The molecule has 0 saturated carbocycles. The smallest absolute Gasteiger partial charge is 0.228 e.